The highest BCUT2D eigenvalue weighted by molar-refractivity contribution is 6.04. The van der Waals surface area contributed by atoms with Crippen LogP contribution in [-0.2, 0) is 6.18 Å². The predicted molar refractivity (Wildman–Crippen MR) is 79.7 cm³/mol. The van der Waals surface area contributed by atoms with Crippen LogP contribution in [0.5, 0.6) is 0 Å². The average molecular weight is 305 g/mol. The van der Waals surface area contributed by atoms with Gasteiger partial charge in [-0.05, 0) is 30.7 Å². The molecule has 0 heterocycles. The smallest absolute Gasteiger partial charge is 0.362 e. The lowest BCUT2D eigenvalue weighted by atomic mass is 10.1. The molecule has 2 rings (SSSR count). The lowest BCUT2D eigenvalue weighted by Crippen LogP contribution is -2.06. The molecule has 0 amide bonds. The van der Waals surface area contributed by atoms with Gasteiger partial charge in [0.05, 0.1) is 5.56 Å². The summed E-state index contributed by atoms with van der Waals surface area (Å²) in [5, 5.41) is 2.70. The summed E-state index contributed by atoms with van der Waals surface area (Å²) in [5.74, 6) is -0.225. The molecular formula is C17H14F3NO. The quantitative estimate of drug-likeness (QED) is 0.648. The Hall–Kier alpha value is -2.56. The molecule has 0 radical (unpaired) electrons. The Kier molecular flexibility index (Phi) is 4.65. The van der Waals surface area contributed by atoms with E-state index in [-0.39, 0.29) is 11.5 Å². The summed E-state index contributed by atoms with van der Waals surface area (Å²) in [5.41, 5.74) is 0.558. The Bertz CT molecular complexity index is 691. The standard InChI is InChI=1S/C17H14F3NO/c1-12-9-14(17(18,19)20)11-15(10-12)21-8-7-16(22)13-5-3-2-4-6-13/h2-11,21H,1H3/b8-7-. The number of halogens is 3. The molecule has 22 heavy (non-hydrogen) atoms. The number of rotatable bonds is 4. The van der Waals surface area contributed by atoms with Crippen LogP contribution in [0.15, 0.2) is 60.8 Å². The number of nitrogens with one attached hydrogen (secondary N) is 1. The van der Waals surface area contributed by atoms with Crippen LogP contribution in [-0.4, -0.2) is 5.78 Å². The topological polar surface area (TPSA) is 29.1 Å². The molecule has 0 aliphatic rings. The molecule has 0 atom stereocenters. The molecule has 0 saturated heterocycles. The molecule has 114 valence electrons. The molecule has 0 saturated carbocycles. The zero-order chi connectivity index (χ0) is 16.2. The van der Waals surface area contributed by atoms with Gasteiger partial charge >= 0.3 is 6.18 Å². The van der Waals surface area contributed by atoms with Crippen molar-refractivity contribution in [3.05, 3.63) is 77.5 Å². The van der Waals surface area contributed by atoms with Gasteiger partial charge in [-0.1, -0.05) is 30.3 Å². The minimum Gasteiger partial charge on any atom is -0.362 e. The first kappa shape index (κ1) is 15.8. The first-order chi connectivity index (χ1) is 10.4. The highest BCUT2D eigenvalue weighted by Crippen LogP contribution is 2.31. The monoisotopic (exact) mass is 305 g/mol. The minimum atomic E-state index is -4.40. The van der Waals surface area contributed by atoms with Gasteiger partial charge in [0, 0.05) is 23.5 Å². The Morgan fingerprint density at radius 1 is 1.09 bits per heavy atom. The highest BCUT2D eigenvalue weighted by atomic mass is 19.4. The van der Waals surface area contributed by atoms with E-state index in [2.05, 4.69) is 5.32 Å². The van der Waals surface area contributed by atoms with E-state index in [1.165, 1.54) is 12.3 Å². The summed E-state index contributed by atoms with van der Waals surface area (Å²) in [4.78, 5) is 11.8. The summed E-state index contributed by atoms with van der Waals surface area (Å²) < 4.78 is 38.2. The maximum absolute atomic E-state index is 12.7. The predicted octanol–water partition coefficient (Wildman–Crippen LogP) is 4.82. The van der Waals surface area contributed by atoms with Crippen molar-refractivity contribution in [1.82, 2.24) is 0 Å². The van der Waals surface area contributed by atoms with Gasteiger partial charge in [-0.25, -0.2) is 0 Å². The van der Waals surface area contributed by atoms with Crippen molar-refractivity contribution in [2.24, 2.45) is 0 Å². The Balaban J connectivity index is 2.10. The van der Waals surface area contributed by atoms with Gasteiger partial charge in [-0.15, -0.1) is 0 Å². The highest BCUT2D eigenvalue weighted by Gasteiger charge is 2.30. The second-order valence-electron chi connectivity index (χ2n) is 4.79. The van der Waals surface area contributed by atoms with Gasteiger partial charge in [-0.2, -0.15) is 13.2 Å². The maximum atomic E-state index is 12.7. The van der Waals surface area contributed by atoms with E-state index < -0.39 is 11.7 Å². The van der Waals surface area contributed by atoms with Crippen LogP contribution in [0.25, 0.3) is 0 Å². The molecule has 2 aromatic rings. The first-order valence-corrected chi connectivity index (χ1v) is 6.57. The van der Waals surface area contributed by atoms with Gasteiger partial charge in [0.15, 0.2) is 5.78 Å². The fourth-order valence-corrected chi connectivity index (χ4v) is 1.94. The van der Waals surface area contributed by atoms with Gasteiger partial charge in [0.25, 0.3) is 0 Å². The average Bonchev–Trinajstić information content (AvgIpc) is 2.46. The number of hydrogen-bond acceptors (Lipinski definition) is 2. The van der Waals surface area contributed by atoms with E-state index in [1.54, 1.807) is 43.3 Å². The molecule has 0 fully saturated rings. The lowest BCUT2D eigenvalue weighted by Gasteiger charge is -2.10. The zero-order valence-electron chi connectivity index (χ0n) is 11.8. The molecule has 1 N–H and O–H groups in total. The number of allylic oxidation sites excluding steroid dienone is 1. The molecule has 0 unspecified atom stereocenters. The van der Waals surface area contributed by atoms with Gasteiger partial charge in [-0.3, -0.25) is 4.79 Å². The summed E-state index contributed by atoms with van der Waals surface area (Å²) >= 11 is 0. The summed E-state index contributed by atoms with van der Waals surface area (Å²) in [6.07, 6.45) is -1.78. The fraction of sp³-hybridized carbons (Fsp3) is 0.118. The van der Waals surface area contributed by atoms with Gasteiger partial charge in [0.1, 0.15) is 0 Å². The second-order valence-corrected chi connectivity index (χ2v) is 4.79. The second kappa shape index (κ2) is 6.47. The van der Waals surface area contributed by atoms with E-state index in [4.69, 9.17) is 0 Å². The van der Waals surface area contributed by atoms with Crippen LogP contribution in [0.2, 0.25) is 0 Å². The SMILES string of the molecule is Cc1cc(N/C=C\C(=O)c2ccccc2)cc(C(F)(F)F)c1. The summed E-state index contributed by atoms with van der Waals surface area (Å²) in [6.45, 7) is 1.58. The molecular weight excluding hydrogens is 291 g/mol. The van der Waals surface area contributed by atoms with Crippen LogP contribution >= 0.6 is 0 Å². The van der Waals surface area contributed by atoms with Crippen LogP contribution in [0.1, 0.15) is 21.5 Å². The Morgan fingerprint density at radius 3 is 2.41 bits per heavy atom. The van der Waals surface area contributed by atoms with Gasteiger partial charge < -0.3 is 5.32 Å². The van der Waals surface area contributed by atoms with Crippen molar-refractivity contribution in [3.8, 4) is 0 Å². The largest absolute Gasteiger partial charge is 0.416 e. The van der Waals surface area contributed by atoms with Crippen molar-refractivity contribution >= 4 is 11.5 Å². The van der Waals surface area contributed by atoms with Crippen LogP contribution in [0.3, 0.4) is 0 Å². The van der Waals surface area contributed by atoms with Crippen molar-refractivity contribution in [3.63, 3.8) is 0 Å². The van der Waals surface area contributed by atoms with Crippen LogP contribution < -0.4 is 5.32 Å². The normalized spacial score (nSPS) is 11.6. The number of benzene rings is 2. The first-order valence-electron chi connectivity index (χ1n) is 6.57. The maximum Gasteiger partial charge on any atom is 0.416 e. The van der Waals surface area contributed by atoms with E-state index in [1.807, 2.05) is 0 Å². The number of carbonyl (C=O) groups excluding carboxylic acids is 1. The zero-order valence-corrected chi connectivity index (χ0v) is 11.8. The summed E-state index contributed by atoms with van der Waals surface area (Å²) in [6, 6.07) is 12.3. The molecule has 0 aliphatic heterocycles. The van der Waals surface area contributed by atoms with Crippen molar-refractivity contribution in [2.75, 3.05) is 5.32 Å². The van der Waals surface area contributed by atoms with Gasteiger partial charge in [0.2, 0.25) is 0 Å². The fourth-order valence-electron chi connectivity index (χ4n) is 1.94. The number of alkyl halides is 3. The van der Waals surface area contributed by atoms with E-state index in [0.29, 0.717) is 11.1 Å². The third-order valence-electron chi connectivity index (χ3n) is 2.95. The van der Waals surface area contributed by atoms with Crippen LogP contribution in [0.4, 0.5) is 18.9 Å². The van der Waals surface area contributed by atoms with E-state index in [0.717, 1.165) is 12.1 Å². The number of ketones is 1. The molecule has 5 heteroatoms. The number of carbonyl (C=O) groups is 1. The summed E-state index contributed by atoms with van der Waals surface area (Å²) in [7, 11) is 0. The van der Waals surface area contributed by atoms with E-state index in [9.17, 15) is 18.0 Å². The van der Waals surface area contributed by atoms with Crippen molar-refractivity contribution < 1.29 is 18.0 Å². The molecule has 2 aromatic carbocycles. The lowest BCUT2D eigenvalue weighted by molar-refractivity contribution is -0.137. The Labute approximate surface area is 126 Å². The van der Waals surface area contributed by atoms with Crippen molar-refractivity contribution in [2.45, 2.75) is 13.1 Å². The Morgan fingerprint density at radius 2 is 1.77 bits per heavy atom. The molecule has 0 aromatic heterocycles. The molecule has 0 aliphatic carbocycles. The number of anilines is 1. The molecule has 0 spiro atoms. The number of aryl methyl sites for hydroxylation is 1. The molecule has 0 bridgehead atoms. The molecule has 2 nitrogen and oxygen atoms in total. The number of hydrogen-bond donors (Lipinski definition) is 1. The van der Waals surface area contributed by atoms with Crippen LogP contribution in [0, 0.1) is 6.92 Å². The van der Waals surface area contributed by atoms with E-state index >= 15 is 0 Å². The minimum absolute atomic E-state index is 0.225. The third-order valence-corrected chi connectivity index (χ3v) is 2.95. The third kappa shape index (κ3) is 4.22. The van der Waals surface area contributed by atoms with Crippen molar-refractivity contribution in [1.29, 1.82) is 0 Å².